The fourth-order valence-corrected chi connectivity index (χ4v) is 6.99. The normalized spacial score (nSPS) is 11.6. The Labute approximate surface area is 287 Å². The molecule has 3 aromatic heterocycles. The van der Waals surface area contributed by atoms with E-state index in [1.54, 1.807) is 0 Å². The van der Waals surface area contributed by atoms with Crippen molar-refractivity contribution in [1.82, 2.24) is 15.0 Å². The van der Waals surface area contributed by atoms with E-state index in [0.29, 0.717) is 17.5 Å². The number of fused-ring (bicyclic) bond motifs is 6. The lowest BCUT2D eigenvalue weighted by Gasteiger charge is -2.11. The lowest BCUT2D eigenvalue weighted by atomic mass is 9.97. The number of benzene rings is 7. The third-order valence-electron chi connectivity index (χ3n) is 9.34. The van der Waals surface area contributed by atoms with Crippen LogP contribution in [0.15, 0.2) is 173 Å². The molecule has 10 rings (SSSR count). The molecule has 0 atom stereocenters. The van der Waals surface area contributed by atoms with Crippen molar-refractivity contribution in [2.24, 2.45) is 0 Å². The standard InChI is InChI=1S/C45H27N3O2/c1-2-12-28(13-3-1)43-46-44(31-16-8-14-29(26-31)33-20-11-25-40-41(33)37-19-5-7-24-39(37)49-40)48-45(47-43)32-17-9-15-30(27-32)34-21-10-22-36-35-18-4-6-23-38(35)50-42(34)36/h1-27H. The number of rotatable bonds is 5. The lowest BCUT2D eigenvalue weighted by molar-refractivity contribution is 0.669. The third-order valence-corrected chi connectivity index (χ3v) is 9.34. The van der Waals surface area contributed by atoms with Gasteiger partial charge in [-0.05, 0) is 47.0 Å². The molecule has 234 valence electrons. The van der Waals surface area contributed by atoms with Gasteiger partial charge in [0.1, 0.15) is 22.3 Å². The van der Waals surface area contributed by atoms with Crippen LogP contribution in [0.1, 0.15) is 0 Å². The zero-order valence-corrected chi connectivity index (χ0v) is 26.7. The number of hydrogen-bond donors (Lipinski definition) is 0. The molecule has 0 saturated heterocycles. The minimum absolute atomic E-state index is 0.598. The van der Waals surface area contributed by atoms with Gasteiger partial charge in [-0.3, -0.25) is 0 Å². The van der Waals surface area contributed by atoms with Crippen molar-refractivity contribution < 1.29 is 8.83 Å². The van der Waals surface area contributed by atoms with Gasteiger partial charge in [0.25, 0.3) is 0 Å². The van der Waals surface area contributed by atoms with E-state index >= 15 is 0 Å². The predicted molar refractivity (Wildman–Crippen MR) is 202 cm³/mol. The van der Waals surface area contributed by atoms with Gasteiger partial charge in [-0.2, -0.15) is 0 Å². The number of para-hydroxylation sites is 3. The molecule has 0 fully saturated rings. The minimum Gasteiger partial charge on any atom is -0.456 e. The molecule has 0 spiro atoms. The molecule has 0 unspecified atom stereocenters. The average Bonchev–Trinajstić information content (AvgIpc) is 3.77. The Bertz CT molecular complexity index is 2890. The van der Waals surface area contributed by atoms with Crippen molar-refractivity contribution in [3.8, 4) is 56.4 Å². The maximum atomic E-state index is 6.38. The maximum absolute atomic E-state index is 6.38. The summed E-state index contributed by atoms with van der Waals surface area (Å²) < 4.78 is 12.6. The van der Waals surface area contributed by atoms with E-state index in [9.17, 15) is 0 Å². The molecule has 0 aliphatic rings. The SMILES string of the molecule is c1ccc(-c2nc(-c3cccc(-c4cccc5c4oc4ccccc45)c3)nc(-c3cccc(-c4cccc5oc6ccccc6c45)c3)n2)cc1. The van der Waals surface area contributed by atoms with E-state index in [0.717, 1.165) is 82.8 Å². The van der Waals surface area contributed by atoms with Crippen molar-refractivity contribution in [2.45, 2.75) is 0 Å². The Morgan fingerprint density at radius 3 is 1.54 bits per heavy atom. The third kappa shape index (κ3) is 4.67. The molecular formula is C45H27N3O2. The van der Waals surface area contributed by atoms with E-state index in [4.69, 9.17) is 23.8 Å². The molecule has 10 aromatic rings. The Balaban J connectivity index is 1.12. The van der Waals surface area contributed by atoms with Crippen LogP contribution in [0.2, 0.25) is 0 Å². The molecule has 0 N–H and O–H groups in total. The van der Waals surface area contributed by atoms with Crippen LogP contribution in [0.25, 0.3) is 100 Å². The second-order valence-electron chi connectivity index (χ2n) is 12.4. The van der Waals surface area contributed by atoms with Crippen LogP contribution in [-0.2, 0) is 0 Å². The van der Waals surface area contributed by atoms with Gasteiger partial charge in [0.2, 0.25) is 0 Å². The molecule has 0 aliphatic carbocycles. The summed E-state index contributed by atoms with van der Waals surface area (Å²) in [6.07, 6.45) is 0. The Morgan fingerprint density at radius 2 is 0.800 bits per heavy atom. The minimum atomic E-state index is 0.598. The zero-order valence-electron chi connectivity index (χ0n) is 26.7. The van der Waals surface area contributed by atoms with Crippen molar-refractivity contribution in [2.75, 3.05) is 0 Å². The summed E-state index contributed by atoms with van der Waals surface area (Å²) in [5.41, 5.74) is 10.4. The molecule has 50 heavy (non-hydrogen) atoms. The van der Waals surface area contributed by atoms with Crippen molar-refractivity contribution in [1.29, 1.82) is 0 Å². The smallest absolute Gasteiger partial charge is 0.164 e. The highest BCUT2D eigenvalue weighted by Gasteiger charge is 2.17. The monoisotopic (exact) mass is 641 g/mol. The van der Waals surface area contributed by atoms with Gasteiger partial charge in [-0.1, -0.05) is 133 Å². The largest absolute Gasteiger partial charge is 0.456 e. The molecule has 0 bridgehead atoms. The van der Waals surface area contributed by atoms with Gasteiger partial charge >= 0.3 is 0 Å². The number of hydrogen-bond acceptors (Lipinski definition) is 5. The highest BCUT2D eigenvalue weighted by molar-refractivity contribution is 6.12. The highest BCUT2D eigenvalue weighted by atomic mass is 16.3. The lowest BCUT2D eigenvalue weighted by Crippen LogP contribution is -2.00. The molecule has 7 aromatic carbocycles. The van der Waals surface area contributed by atoms with Gasteiger partial charge < -0.3 is 8.83 Å². The number of furan rings is 2. The molecule has 5 heteroatoms. The van der Waals surface area contributed by atoms with Crippen molar-refractivity contribution in [3.05, 3.63) is 164 Å². The maximum Gasteiger partial charge on any atom is 0.164 e. The molecule has 0 radical (unpaired) electrons. The first-order valence-electron chi connectivity index (χ1n) is 16.6. The van der Waals surface area contributed by atoms with Gasteiger partial charge in [0.05, 0.1) is 0 Å². The number of aromatic nitrogens is 3. The van der Waals surface area contributed by atoms with Crippen LogP contribution in [0.4, 0.5) is 0 Å². The van der Waals surface area contributed by atoms with Crippen LogP contribution in [0.3, 0.4) is 0 Å². The van der Waals surface area contributed by atoms with E-state index in [-0.39, 0.29) is 0 Å². The summed E-state index contributed by atoms with van der Waals surface area (Å²) in [6, 6.07) is 55.7. The molecule has 0 amide bonds. The summed E-state index contributed by atoms with van der Waals surface area (Å²) in [4.78, 5) is 15.2. The van der Waals surface area contributed by atoms with Crippen LogP contribution >= 0.6 is 0 Å². The fraction of sp³-hybridized carbons (Fsp3) is 0. The Morgan fingerprint density at radius 1 is 0.320 bits per heavy atom. The molecule has 3 heterocycles. The molecule has 5 nitrogen and oxygen atoms in total. The summed E-state index contributed by atoms with van der Waals surface area (Å²) in [5.74, 6) is 1.81. The first-order valence-corrected chi connectivity index (χ1v) is 16.6. The van der Waals surface area contributed by atoms with Crippen LogP contribution < -0.4 is 0 Å². The molecule has 0 saturated carbocycles. The predicted octanol–water partition coefficient (Wildman–Crippen LogP) is 12.0. The zero-order chi connectivity index (χ0) is 33.0. The molecule has 0 aliphatic heterocycles. The summed E-state index contributed by atoms with van der Waals surface area (Å²) in [6.45, 7) is 0. The van der Waals surface area contributed by atoms with Crippen molar-refractivity contribution >= 4 is 43.9 Å². The van der Waals surface area contributed by atoms with Gasteiger partial charge in [0.15, 0.2) is 17.5 Å². The van der Waals surface area contributed by atoms with E-state index < -0.39 is 0 Å². The quantitative estimate of drug-likeness (QED) is 0.187. The number of nitrogens with zero attached hydrogens (tertiary/aromatic N) is 3. The average molecular weight is 642 g/mol. The highest BCUT2D eigenvalue weighted by Crippen LogP contribution is 2.39. The van der Waals surface area contributed by atoms with Crippen LogP contribution in [-0.4, -0.2) is 15.0 Å². The van der Waals surface area contributed by atoms with Crippen molar-refractivity contribution in [3.63, 3.8) is 0 Å². The fourth-order valence-electron chi connectivity index (χ4n) is 6.99. The van der Waals surface area contributed by atoms with E-state index in [1.165, 1.54) is 0 Å². The van der Waals surface area contributed by atoms with Gasteiger partial charge in [0, 0.05) is 43.8 Å². The second kappa shape index (κ2) is 11.4. The summed E-state index contributed by atoms with van der Waals surface area (Å²) in [7, 11) is 0. The van der Waals surface area contributed by atoms with Crippen LogP contribution in [0, 0.1) is 0 Å². The van der Waals surface area contributed by atoms with E-state index in [2.05, 4.69) is 78.9 Å². The summed E-state index contributed by atoms with van der Waals surface area (Å²) >= 11 is 0. The topological polar surface area (TPSA) is 65.0 Å². The molecular weight excluding hydrogens is 615 g/mol. The van der Waals surface area contributed by atoms with Crippen LogP contribution in [0.5, 0.6) is 0 Å². The van der Waals surface area contributed by atoms with Gasteiger partial charge in [-0.25, -0.2) is 15.0 Å². The first kappa shape index (κ1) is 28.2. The second-order valence-corrected chi connectivity index (χ2v) is 12.4. The first-order chi connectivity index (χ1) is 24.8. The Kier molecular flexibility index (Phi) is 6.42. The summed E-state index contributed by atoms with van der Waals surface area (Å²) in [5, 5.41) is 4.39. The van der Waals surface area contributed by atoms with E-state index in [1.807, 2.05) is 84.9 Å². The Hall–Kier alpha value is -6.85. The van der Waals surface area contributed by atoms with Gasteiger partial charge in [-0.15, -0.1) is 0 Å².